The Labute approximate surface area is 167 Å². The van der Waals surface area contributed by atoms with E-state index < -0.39 is 0 Å². The number of pyridine rings is 1. The van der Waals surface area contributed by atoms with Gasteiger partial charge in [-0.15, -0.1) is 0 Å². The van der Waals surface area contributed by atoms with Gasteiger partial charge in [0.15, 0.2) is 0 Å². The van der Waals surface area contributed by atoms with Crippen LogP contribution in [-0.2, 0) is 12.0 Å². The van der Waals surface area contributed by atoms with Gasteiger partial charge in [-0.3, -0.25) is 9.78 Å². The van der Waals surface area contributed by atoms with Crippen molar-refractivity contribution in [2.24, 2.45) is 0 Å². The number of hydrogen-bond donors (Lipinski definition) is 2. The van der Waals surface area contributed by atoms with Crippen LogP contribution < -0.4 is 10.6 Å². The Bertz CT molecular complexity index is 973. The van der Waals surface area contributed by atoms with E-state index >= 15 is 0 Å². The Hall–Kier alpha value is -3.14. The van der Waals surface area contributed by atoms with Gasteiger partial charge in [0, 0.05) is 18.4 Å². The van der Waals surface area contributed by atoms with Crippen LogP contribution in [-0.4, -0.2) is 10.9 Å². The van der Waals surface area contributed by atoms with Crippen LogP contribution in [0.15, 0.2) is 67.0 Å². The molecule has 0 fully saturated rings. The molecule has 0 unspecified atom stereocenters. The monoisotopic (exact) mass is 373 g/mol. The third-order valence-electron chi connectivity index (χ3n) is 4.55. The Morgan fingerprint density at radius 1 is 1.00 bits per heavy atom. The first-order chi connectivity index (χ1) is 13.3. The summed E-state index contributed by atoms with van der Waals surface area (Å²) in [5.74, 6) is -0.137. The molecule has 2 N–H and O–H groups in total. The predicted octanol–water partition coefficient (Wildman–Crippen LogP) is 5.36. The molecule has 144 valence electrons. The number of aryl methyl sites for hydroxylation is 1. The summed E-state index contributed by atoms with van der Waals surface area (Å²) in [6, 6.07) is 18.2. The second-order valence-corrected chi connectivity index (χ2v) is 8.05. The molecule has 0 saturated heterocycles. The Morgan fingerprint density at radius 3 is 2.54 bits per heavy atom. The van der Waals surface area contributed by atoms with Crippen LogP contribution in [0.2, 0.25) is 0 Å². The molecule has 0 atom stereocenters. The topological polar surface area (TPSA) is 54.0 Å². The standard InChI is InChI=1S/C24H27N3O/c1-17-8-7-9-18(12-17)14-26-23(28)19-13-20(16-25-15-19)27-22-11-6-5-10-21(22)24(2,3)4/h5-13,15-16,27H,14H2,1-4H3,(H,26,28). The highest BCUT2D eigenvalue weighted by molar-refractivity contribution is 5.94. The van der Waals surface area contributed by atoms with Crippen LogP contribution in [0.4, 0.5) is 11.4 Å². The number of amides is 1. The van der Waals surface area contributed by atoms with Gasteiger partial charge in [-0.25, -0.2) is 0 Å². The molecule has 28 heavy (non-hydrogen) atoms. The van der Waals surface area contributed by atoms with Crippen LogP contribution in [0, 0.1) is 6.92 Å². The molecule has 4 nitrogen and oxygen atoms in total. The van der Waals surface area contributed by atoms with E-state index in [1.807, 2.05) is 49.4 Å². The number of nitrogens with one attached hydrogen (secondary N) is 2. The largest absolute Gasteiger partial charge is 0.354 e. The van der Waals surface area contributed by atoms with Crippen LogP contribution in [0.3, 0.4) is 0 Å². The van der Waals surface area contributed by atoms with E-state index in [2.05, 4.69) is 48.5 Å². The molecule has 0 aliphatic heterocycles. The minimum absolute atomic E-state index is 0.0137. The first-order valence-electron chi connectivity index (χ1n) is 9.48. The van der Waals surface area contributed by atoms with E-state index in [4.69, 9.17) is 0 Å². The first-order valence-corrected chi connectivity index (χ1v) is 9.48. The maximum atomic E-state index is 12.6. The number of rotatable bonds is 5. The smallest absolute Gasteiger partial charge is 0.253 e. The van der Waals surface area contributed by atoms with Crippen molar-refractivity contribution in [3.05, 3.63) is 89.2 Å². The van der Waals surface area contributed by atoms with E-state index in [0.29, 0.717) is 12.1 Å². The summed E-state index contributed by atoms with van der Waals surface area (Å²) in [6.45, 7) is 9.08. The van der Waals surface area contributed by atoms with E-state index in [9.17, 15) is 4.79 Å². The van der Waals surface area contributed by atoms with Crippen LogP contribution in [0.5, 0.6) is 0 Å². The lowest BCUT2D eigenvalue weighted by molar-refractivity contribution is 0.0950. The quantitative estimate of drug-likeness (QED) is 0.633. The average molecular weight is 374 g/mol. The molecule has 4 heteroatoms. The summed E-state index contributed by atoms with van der Waals surface area (Å²) >= 11 is 0. The molecule has 1 heterocycles. The van der Waals surface area contributed by atoms with Crippen molar-refractivity contribution in [1.29, 1.82) is 0 Å². The summed E-state index contributed by atoms with van der Waals surface area (Å²) < 4.78 is 0. The lowest BCUT2D eigenvalue weighted by Crippen LogP contribution is -2.23. The third-order valence-corrected chi connectivity index (χ3v) is 4.55. The average Bonchev–Trinajstić information content (AvgIpc) is 2.66. The summed E-state index contributed by atoms with van der Waals surface area (Å²) in [6.07, 6.45) is 3.32. The van der Waals surface area contributed by atoms with Crippen molar-refractivity contribution < 1.29 is 4.79 Å². The molecular weight excluding hydrogens is 346 g/mol. The molecule has 0 saturated carbocycles. The van der Waals surface area contributed by atoms with E-state index in [0.717, 1.165) is 16.9 Å². The van der Waals surface area contributed by atoms with Gasteiger partial charge in [0.25, 0.3) is 5.91 Å². The number of para-hydroxylation sites is 1. The first kappa shape index (κ1) is 19.6. The second kappa shape index (κ2) is 8.26. The second-order valence-electron chi connectivity index (χ2n) is 8.05. The molecule has 3 aromatic rings. The van der Waals surface area contributed by atoms with Crippen molar-refractivity contribution in [3.63, 3.8) is 0 Å². The van der Waals surface area contributed by atoms with Crippen molar-refractivity contribution in [2.45, 2.75) is 39.7 Å². The fourth-order valence-corrected chi connectivity index (χ4v) is 3.14. The van der Waals surface area contributed by atoms with Crippen molar-refractivity contribution >= 4 is 17.3 Å². The SMILES string of the molecule is Cc1cccc(CNC(=O)c2cncc(Nc3ccccc3C(C)(C)C)c2)c1. The fourth-order valence-electron chi connectivity index (χ4n) is 3.14. The number of nitrogens with zero attached hydrogens (tertiary/aromatic N) is 1. The molecule has 0 aliphatic rings. The number of aromatic nitrogens is 1. The summed E-state index contributed by atoms with van der Waals surface area (Å²) in [4.78, 5) is 16.8. The van der Waals surface area contributed by atoms with Crippen LogP contribution >= 0.6 is 0 Å². The zero-order valence-electron chi connectivity index (χ0n) is 16.9. The molecule has 0 radical (unpaired) electrons. The summed E-state index contributed by atoms with van der Waals surface area (Å²) in [7, 11) is 0. The highest BCUT2D eigenvalue weighted by atomic mass is 16.1. The number of benzene rings is 2. The zero-order chi connectivity index (χ0) is 20.1. The molecule has 1 aromatic heterocycles. The molecular formula is C24H27N3O. The van der Waals surface area contributed by atoms with Crippen LogP contribution in [0.1, 0.15) is 47.8 Å². The minimum Gasteiger partial charge on any atom is -0.354 e. The minimum atomic E-state index is -0.137. The predicted molar refractivity (Wildman–Crippen MR) is 115 cm³/mol. The number of hydrogen-bond acceptors (Lipinski definition) is 3. The van der Waals surface area contributed by atoms with Gasteiger partial charge in [-0.05, 0) is 35.6 Å². The van der Waals surface area contributed by atoms with Gasteiger partial charge in [-0.1, -0.05) is 68.8 Å². The molecule has 0 bridgehead atoms. The fraction of sp³-hybridized carbons (Fsp3) is 0.250. The molecule has 3 rings (SSSR count). The van der Waals surface area contributed by atoms with E-state index in [-0.39, 0.29) is 11.3 Å². The number of carbonyl (C=O) groups is 1. The molecule has 1 amide bonds. The van der Waals surface area contributed by atoms with Gasteiger partial charge in [0.05, 0.1) is 17.4 Å². The number of anilines is 2. The molecule has 0 spiro atoms. The maximum Gasteiger partial charge on any atom is 0.253 e. The van der Waals surface area contributed by atoms with Crippen LogP contribution in [0.25, 0.3) is 0 Å². The molecule has 0 aliphatic carbocycles. The number of carbonyl (C=O) groups excluding carboxylic acids is 1. The summed E-state index contributed by atoms with van der Waals surface area (Å²) in [5, 5.41) is 6.38. The molecule has 2 aromatic carbocycles. The van der Waals surface area contributed by atoms with Crippen molar-refractivity contribution in [2.75, 3.05) is 5.32 Å². The summed E-state index contributed by atoms with van der Waals surface area (Å²) in [5.41, 5.74) is 5.83. The Morgan fingerprint density at radius 2 is 1.79 bits per heavy atom. The Balaban J connectivity index is 1.73. The Kier molecular flexibility index (Phi) is 5.78. The van der Waals surface area contributed by atoms with E-state index in [1.165, 1.54) is 11.1 Å². The highest BCUT2D eigenvalue weighted by Crippen LogP contribution is 2.31. The van der Waals surface area contributed by atoms with Gasteiger partial charge in [0.2, 0.25) is 0 Å². The lowest BCUT2D eigenvalue weighted by Gasteiger charge is -2.23. The van der Waals surface area contributed by atoms with Gasteiger partial charge < -0.3 is 10.6 Å². The van der Waals surface area contributed by atoms with Gasteiger partial charge >= 0.3 is 0 Å². The lowest BCUT2D eigenvalue weighted by atomic mass is 9.86. The zero-order valence-corrected chi connectivity index (χ0v) is 16.9. The highest BCUT2D eigenvalue weighted by Gasteiger charge is 2.17. The van der Waals surface area contributed by atoms with Crippen molar-refractivity contribution in [1.82, 2.24) is 10.3 Å². The van der Waals surface area contributed by atoms with Crippen molar-refractivity contribution in [3.8, 4) is 0 Å². The normalized spacial score (nSPS) is 11.1. The maximum absolute atomic E-state index is 12.6. The van der Waals surface area contributed by atoms with E-state index in [1.54, 1.807) is 12.4 Å². The van der Waals surface area contributed by atoms with Gasteiger partial charge in [0.1, 0.15) is 0 Å². The van der Waals surface area contributed by atoms with Gasteiger partial charge in [-0.2, -0.15) is 0 Å². The third kappa shape index (κ3) is 4.97.